The number of methoxy groups -OCH3 is 1. The fourth-order valence-corrected chi connectivity index (χ4v) is 3.99. The second-order valence-corrected chi connectivity index (χ2v) is 7.91. The molecule has 0 radical (unpaired) electrons. The smallest absolute Gasteiger partial charge is 0.341 e. The Hall–Kier alpha value is -3.12. The number of amides is 1. The van der Waals surface area contributed by atoms with Crippen LogP contribution in [0, 0.1) is 0 Å². The van der Waals surface area contributed by atoms with Gasteiger partial charge in [0, 0.05) is 16.5 Å². The standard InChI is InChI=1S/C24H25NO4S/c1-5-29-24(27)21-20(17-10-12-19(28-4)13-11-17)14-30-23(21)25-22(26)18-8-6-16(7-9-18)15(2)3/h6-15H,5H2,1-4H3,(H,25,26). The Balaban J connectivity index is 1.92. The number of ether oxygens (including phenoxy) is 2. The topological polar surface area (TPSA) is 64.6 Å². The number of carbonyl (C=O) groups excluding carboxylic acids is 2. The normalized spacial score (nSPS) is 10.7. The van der Waals surface area contributed by atoms with E-state index in [1.165, 1.54) is 11.3 Å². The van der Waals surface area contributed by atoms with Gasteiger partial charge in [-0.05, 0) is 48.2 Å². The van der Waals surface area contributed by atoms with Gasteiger partial charge in [-0.3, -0.25) is 4.79 Å². The van der Waals surface area contributed by atoms with Gasteiger partial charge < -0.3 is 14.8 Å². The summed E-state index contributed by atoms with van der Waals surface area (Å²) >= 11 is 1.30. The van der Waals surface area contributed by atoms with Gasteiger partial charge in [0.2, 0.25) is 0 Å². The summed E-state index contributed by atoms with van der Waals surface area (Å²) in [5, 5.41) is 5.20. The predicted molar refractivity (Wildman–Crippen MR) is 121 cm³/mol. The van der Waals surface area contributed by atoms with Crippen LogP contribution in [0.5, 0.6) is 5.75 Å². The van der Waals surface area contributed by atoms with Crippen LogP contribution in [-0.4, -0.2) is 25.6 Å². The molecule has 156 valence electrons. The van der Waals surface area contributed by atoms with E-state index in [4.69, 9.17) is 9.47 Å². The third kappa shape index (κ3) is 4.71. The molecule has 1 amide bonds. The van der Waals surface area contributed by atoms with Crippen molar-refractivity contribution < 1.29 is 19.1 Å². The molecule has 0 bridgehead atoms. The Kier molecular flexibility index (Phi) is 6.90. The van der Waals surface area contributed by atoms with E-state index >= 15 is 0 Å². The van der Waals surface area contributed by atoms with E-state index in [9.17, 15) is 9.59 Å². The number of rotatable bonds is 7. The highest BCUT2D eigenvalue weighted by atomic mass is 32.1. The summed E-state index contributed by atoms with van der Waals surface area (Å²) in [6.07, 6.45) is 0. The summed E-state index contributed by atoms with van der Waals surface area (Å²) in [5.41, 5.74) is 3.62. The highest BCUT2D eigenvalue weighted by Crippen LogP contribution is 2.37. The molecular formula is C24H25NO4S. The molecule has 5 nitrogen and oxygen atoms in total. The van der Waals surface area contributed by atoms with Crippen molar-refractivity contribution in [3.63, 3.8) is 0 Å². The molecule has 0 spiro atoms. The van der Waals surface area contributed by atoms with Crippen molar-refractivity contribution in [3.05, 3.63) is 70.6 Å². The quantitative estimate of drug-likeness (QED) is 0.475. The van der Waals surface area contributed by atoms with Crippen LogP contribution in [0.1, 0.15) is 53.0 Å². The van der Waals surface area contributed by atoms with Crippen LogP contribution in [0.4, 0.5) is 5.00 Å². The van der Waals surface area contributed by atoms with E-state index in [0.717, 1.165) is 16.9 Å². The molecule has 0 saturated heterocycles. The molecule has 30 heavy (non-hydrogen) atoms. The number of esters is 1. The average Bonchev–Trinajstić information content (AvgIpc) is 3.17. The van der Waals surface area contributed by atoms with Gasteiger partial charge in [-0.2, -0.15) is 0 Å². The molecule has 1 N–H and O–H groups in total. The fourth-order valence-electron chi connectivity index (χ4n) is 3.03. The molecular weight excluding hydrogens is 398 g/mol. The summed E-state index contributed by atoms with van der Waals surface area (Å²) < 4.78 is 10.5. The zero-order valence-electron chi connectivity index (χ0n) is 17.5. The lowest BCUT2D eigenvalue weighted by Crippen LogP contribution is -2.15. The SMILES string of the molecule is CCOC(=O)c1c(-c2ccc(OC)cc2)csc1NC(=O)c1ccc(C(C)C)cc1. The van der Waals surface area contributed by atoms with Crippen LogP contribution in [0.15, 0.2) is 53.9 Å². The maximum absolute atomic E-state index is 12.8. The van der Waals surface area contributed by atoms with Gasteiger partial charge in [0.05, 0.1) is 13.7 Å². The van der Waals surface area contributed by atoms with E-state index in [2.05, 4.69) is 19.2 Å². The average molecular weight is 424 g/mol. The van der Waals surface area contributed by atoms with E-state index in [1.54, 1.807) is 26.2 Å². The number of anilines is 1. The molecule has 6 heteroatoms. The van der Waals surface area contributed by atoms with Crippen molar-refractivity contribution in [1.82, 2.24) is 0 Å². The van der Waals surface area contributed by atoms with E-state index in [1.807, 2.05) is 41.8 Å². The predicted octanol–water partition coefficient (Wildman–Crippen LogP) is 5.98. The largest absolute Gasteiger partial charge is 0.497 e. The molecule has 0 saturated carbocycles. The summed E-state index contributed by atoms with van der Waals surface area (Å²) in [4.78, 5) is 25.5. The molecule has 3 aromatic rings. The Bertz CT molecular complexity index is 1020. The first-order valence-electron chi connectivity index (χ1n) is 9.79. The van der Waals surface area contributed by atoms with Crippen LogP contribution in [-0.2, 0) is 4.74 Å². The maximum Gasteiger partial charge on any atom is 0.341 e. The Morgan fingerprint density at radius 1 is 1.03 bits per heavy atom. The van der Waals surface area contributed by atoms with Crippen molar-refractivity contribution in [2.75, 3.05) is 19.0 Å². The second-order valence-electron chi connectivity index (χ2n) is 7.03. The molecule has 1 aromatic heterocycles. The van der Waals surface area contributed by atoms with Crippen molar-refractivity contribution in [1.29, 1.82) is 0 Å². The number of thiophene rings is 1. The van der Waals surface area contributed by atoms with Gasteiger partial charge in [-0.25, -0.2) is 4.79 Å². The third-order valence-corrected chi connectivity index (χ3v) is 5.63. The number of carbonyl (C=O) groups is 2. The number of hydrogen-bond donors (Lipinski definition) is 1. The Morgan fingerprint density at radius 3 is 2.27 bits per heavy atom. The van der Waals surface area contributed by atoms with Crippen molar-refractivity contribution in [3.8, 4) is 16.9 Å². The number of hydrogen-bond acceptors (Lipinski definition) is 5. The molecule has 0 aliphatic heterocycles. The van der Waals surface area contributed by atoms with E-state index in [0.29, 0.717) is 27.6 Å². The van der Waals surface area contributed by atoms with Crippen LogP contribution in [0.2, 0.25) is 0 Å². The minimum Gasteiger partial charge on any atom is -0.497 e. The van der Waals surface area contributed by atoms with Crippen molar-refractivity contribution in [2.45, 2.75) is 26.7 Å². The zero-order valence-corrected chi connectivity index (χ0v) is 18.3. The third-order valence-electron chi connectivity index (χ3n) is 4.74. The van der Waals surface area contributed by atoms with E-state index in [-0.39, 0.29) is 12.5 Å². The summed E-state index contributed by atoms with van der Waals surface area (Å²) in [6.45, 7) is 6.22. The summed E-state index contributed by atoms with van der Waals surface area (Å²) in [5.74, 6) is 0.390. The van der Waals surface area contributed by atoms with Crippen LogP contribution < -0.4 is 10.1 Å². The van der Waals surface area contributed by atoms with Crippen molar-refractivity contribution >= 4 is 28.2 Å². The lowest BCUT2D eigenvalue weighted by molar-refractivity contribution is 0.0529. The summed E-state index contributed by atoms with van der Waals surface area (Å²) in [7, 11) is 1.60. The van der Waals surface area contributed by atoms with Gasteiger partial charge in [0.15, 0.2) is 0 Å². The first-order valence-corrected chi connectivity index (χ1v) is 10.7. The van der Waals surface area contributed by atoms with Crippen LogP contribution in [0.25, 0.3) is 11.1 Å². The minimum atomic E-state index is -0.463. The number of benzene rings is 2. The molecule has 0 unspecified atom stereocenters. The molecule has 0 aliphatic carbocycles. The first-order chi connectivity index (χ1) is 14.4. The summed E-state index contributed by atoms with van der Waals surface area (Å²) in [6, 6.07) is 14.9. The lowest BCUT2D eigenvalue weighted by atomic mass is 10.0. The molecule has 1 heterocycles. The second kappa shape index (κ2) is 9.59. The van der Waals surface area contributed by atoms with Crippen LogP contribution >= 0.6 is 11.3 Å². The highest BCUT2D eigenvalue weighted by molar-refractivity contribution is 7.15. The van der Waals surface area contributed by atoms with Gasteiger partial charge in [-0.1, -0.05) is 38.1 Å². The molecule has 0 fully saturated rings. The van der Waals surface area contributed by atoms with Gasteiger partial charge in [0.25, 0.3) is 5.91 Å². The Morgan fingerprint density at radius 2 is 1.70 bits per heavy atom. The first kappa shape index (κ1) is 21.6. The molecule has 0 atom stereocenters. The lowest BCUT2D eigenvalue weighted by Gasteiger charge is -2.10. The Labute approximate surface area is 180 Å². The van der Waals surface area contributed by atoms with E-state index < -0.39 is 5.97 Å². The van der Waals surface area contributed by atoms with Gasteiger partial charge >= 0.3 is 5.97 Å². The fraction of sp³-hybridized carbons (Fsp3) is 0.250. The minimum absolute atomic E-state index is 0.251. The maximum atomic E-state index is 12.8. The molecule has 3 rings (SSSR count). The monoisotopic (exact) mass is 423 g/mol. The zero-order chi connectivity index (χ0) is 21.7. The van der Waals surface area contributed by atoms with Crippen molar-refractivity contribution in [2.24, 2.45) is 0 Å². The number of nitrogens with one attached hydrogen (secondary N) is 1. The highest BCUT2D eigenvalue weighted by Gasteiger charge is 2.23. The molecule has 2 aromatic carbocycles. The molecule has 0 aliphatic rings. The van der Waals surface area contributed by atoms with Gasteiger partial charge in [-0.15, -0.1) is 11.3 Å². The van der Waals surface area contributed by atoms with Crippen LogP contribution in [0.3, 0.4) is 0 Å². The van der Waals surface area contributed by atoms with Gasteiger partial charge in [0.1, 0.15) is 16.3 Å².